The molecule has 2 heterocycles. The van der Waals surface area contributed by atoms with Gasteiger partial charge in [-0.3, -0.25) is 4.40 Å². The molecule has 2 aromatic carbocycles. The minimum atomic E-state index is 0.529. The highest BCUT2D eigenvalue weighted by Crippen LogP contribution is 2.34. The van der Waals surface area contributed by atoms with Crippen LogP contribution in [-0.4, -0.2) is 23.6 Å². The predicted molar refractivity (Wildman–Crippen MR) is 88.0 cm³/mol. The molecule has 5 heteroatoms. The zero-order valence-electron chi connectivity index (χ0n) is 12.7. The van der Waals surface area contributed by atoms with Gasteiger partial charge < -0.3 is 9.47 Å². The van der Waals surface area contributed by atoms with E-state index >= 15 is 0 Å². The van der Waals surface area contributed by atoms with Gasteiger partial charge in [0.2, 0.25) is 0 Å². The zero-order chi connectivity index (χ0) is 16.0. The molecule has 0 saturated carbocycles. The molecule has 112 valence electrons. The molecular formula is C18H13N3O2. The summed E-state index contributed by atoms with van der Waals surface area (Å²) in [6.07, 6.45) is 0. The van der Waals surface area contributed by atoms with Crippen LogP contribution in [0.1, 0.15) is 5.56 Å². The van der Waals surface area contributed by atoms with Crippen molar-refractivity contribution in [3.63, 3.8) is 0 Å². The monoisotopic (exact) mass is 303 g/mol. The first kappa shape index (κ1) is 13.4. The molecule has 0 aliphatic rings. The van der Waals surface area contributed by atoms with E-state index in [1.807, 2.05) is 46.9 Å². The smallest absolute Gasteiger partial charge is 0.162 e. The number of para-hydroxylation sites is 2. The van der Waals surface area contributed by atoms with Crippen molar-refractivity contribution in [3.8, 4) is 17.6 Å². The minimum Gasteiger partial charge on any atom is -0.493 e. The number of nitrogens with zero attached hydrogens (tertiary/aromatic N) is 3. The third-order valence-corrected chi connectivity index (χ3v) is 4.00. The molecule has 0 atom stereocenters. The number of aromatic nitrogens is 2. The van der Waals surface area contributed by atoms with Crippen LogP contribution >= 0.6 is 0 Å². The van der Waals surface area contributed by atoms with Crippen LogP contribution in [0.15, 0.2) is 42.5 Å². The lowest BCUT2D eigenvalue weighted by Crippen LogP contribution is -1.96. The Morgan fingerprint density at radius 3 is 2.48 bits per heavy atom. The lowest BCUT2D eigenvalue weighted by atomic mass is 10.1. The van der Waals surface area contributed by atoms with Gasteiger partial charge in [0.25, 0.3) is 0 Å². The number of fused-ring (bicyclic) bond motifs is 5. The third-order valence-electron chi connectivity index (χ3n) is 4.00. The third kappa shape index (κ3) is 1.82. The van der Waals surface area contributed by atoms with Crippen molar-refractivity contribution in [1.82, 2.24) is 9.38 Å². The van der Waals surface area contributed by atoms with Crippen LogP contribution in [0.3, 0.4) is 0 Å². The van der Waals surface area contributed by atoms with Gasteiger partial charge in [-0.05, 0) is 24.3 Å². The van der Waals surface area contributed by atoms with Crippen LogP contribution in [0.25, 0.3) is 27.6 Å². The van der Waals surface area contributed by atoms with Crippen LogP contribution in [0.5, 0.6) is 11.5 Å². The van der Waals surface area contributed by atoms with E-state index in [0.717, 1.165) is 21.9 Å². The average Bonchev–Trinajstić information content (AvgIpc) is 2.99. The Balaban J connectivity index is 2.28. The van der Waals surface area contributed by atoms with Crippen LogP contribution < -0.4 is 9.47 Å². The fraction of sp³-hybridized carbons (Fsp3) is 0.111. The van der Waals surface area contributed by atoms with Gasteiger partial charge in [-0.25, -0.2) is 4.98 Å². The summed E-state index contributed by atoms with van der Waals surface area (Å²) in [5.74, 6) is 1.27. The highest BCUT2D eigenvalue weighted by molar-refractivity contribution is 5.94. The normalized spacial score (nSPS) is 11.0. The van der Waals surface area contributed by atoms with Crippen molar-refractivity contribution in [3.05, 3.63) is 48.0 Å². The molecule has 0 aliphatic carbocycles. The van der Waals surface area contributed by atoms with E-state index in [1.165, 1.54) is 0 Å². The van der Waals surface area contributed by atoms with E-state index in [-0.39, 0.29) is 0 Å². The van der Waals surface area contributed by atoms with E-state index < -0.39 is 0 Å². The molecule has 0 saturated heterocycles. The SMILES string of the molecule is COc1cc2cc(C#N)c3nc4ccccc4n3c2cc1OC. The highest BCUT2D eigenvalue weighted by atomic mass is 16.5. The standard InChI is InChI=1S/C18H13N3O2/c1-22-16-8-11-7-12(10-19)18-20-13-5-3-4-6-14(13)21(18)15(11)9-17(16)23-2/h3-9H,1-2H3. The molecule has 0 amide bonds. The summed E-state index contributed by atoms with van der Waals surface area (Å²) < 4.78 is 12.8. The van der Waals surface area contributed by atoms with Crippen molar-refractivity contribution < 1.29 is 9.47 Å². The molecule has 0 N–H and O–H groups in total. The Morgan fingerprint density at radius 1 is 1.00 bits per heavy atom. The second kappa shape index (κ2) is 4.89. The Hall–Kier alpha value is -3.26. The highest BCUT2D eigenvalue weighted by Gasteiger charge is 2.15. The van der Waals surface area contributed by atoms with Gasteiger partial charge in [-0.1, -0.05) is 12.1 Å². The zero-order valence-corrected chi connectivity index (χ0v) is 12.7. The maximum atomic E-state index is 9.49. The number of methoxy groups -OCH3 is 2. The molecular weight excluding hydrogens is 290 g/mol. The first-order valence-corrected chi connectivity index (χ1v) is 7.13. The molecule has 4 rings (SSSR count). The number of pyridine rings is 1. The number of ether oxygens (including phenoxy) is 2. The number of rotatable bonds is 2. The number of hydrogen-bond donors (Lipinski definition) is 0. The molecule has 0 unspecified atom stereocenters. The van der Waals surface area contributed by atoms with E-state index in [1.54, 1.807) is 14.2 Å². The lowest BCUT2D eigenvalue weighted by molar-refractivity contribution is 0.356. The van der Waals surface area contributed by atoms with Crippen molar-refractivity contribution in [1.29, 1.82) is 5.26 Å². The van der Waals surface area contributed by atoms with E-state index in [9.17, 15) is 5.26 Å². The maximum Gasteiger partial charge on any atom is 0.162 e. The average molecular weight is 303 g/mol. The molecule has 0 spiro atoms. The van der Waals surface area contributed by atoms with Gasteiger partial charge in [0.1, 0.15) is 6.07 Å². The van der Waals surface area contributed by atoms with Gasteiger partial charge in [-0.2, -0.15) is 5.26 Å². The molecule has 23 heavy (non-hydrogen) atoms. The fourth-order valence-corrected chi connectivity index (χ4v) is 2.95. The summed E-state index contributed by atoms with van der Waals surface area (Å²) >= 11 is 0. The molecule has 0 bridgehead atoms. The van der Waals surface area contributed by atoms with Crippen LogP contribution in [0.4, 0.5) is 0 Å². The van der Waals surface area contributed by atoms with Gasteiger partial charge in [-0.15, -0.1) is 0 Å². The van der Waals surface area contributed by atoms with Crippen molar-refractivity contribution in [2.45, 2.75) is 0 Å². The van der Waals surface area contributed by atoms with Gasteiger partial charge in [0.15, 0.2) is 17.1 Å². The Kier molecular flexibility index (Phi) is 2.85. The van der Waals surface area contributed by atoms with Crippen LogP contribution in [0, 0.1) is 11.3 Å². The van der Waals surface area contributed by atoms with Crippen molar-refractivity contribution >= 4 is 27.6 Å². The maximum absolute atomic E-state index is 9.49. The first-order chi connectivity index (χ1) is 11.3. The van der Waals surface area contributed by atoms with Crippen LogP contribution in [-0.2, 0) is 0 Å². The summed E-state index contributed by atoms with van der Waals surface area (Å²) in [5.41, 5.74) is 3.91. The van der Waals surface area contributed by atoms with Gasteiger partial charge >= 0.3 is 0 Å². The lowest BCUT2D eigenvalue weighted by Gasteiger charge is -2.11. The summed E-state index contributed by atoms with van der Waals surface area (Å²) in [6.45, 7) is 0. The Bertz CT molecular complexity index is 1110. The Morgan fingerprint density at radius 2 is 1.74 bits per heavy atom. The number of nitriles is 1. The summed E-state index contributed by atoms with van der Waals surface area (Å²) in [6, 6.07) is 15.7. The predicted octanol–water partition coefficient (Wildman–Crippen LogP) is 3.53. The summed E-state index contributed by atoms with van der Waals surface area (Å²) in [4.78, 5) is 4.60. The largest absolute Gasteiger partial charge is 0.493 e. The van der Waals surface area contributed by atoms with E-state index in [2.05, 4.69) is 11.1 Å². The van der Waals surface area contributed by atoms with Crippen molar-refractivity contribution in [2.75, 3.05) is 14.2 Å². The van der Waals surface area contributed by atoms with Crippen molar-refractivity contribution in [2.24, 2.45) is 0 Å². The van der Waals surface area contributed by atoms with E-state index in [0.29, 0.717) is 22.7 Å². The second-order valence-electron chi connectivity index (χ2n) is 5.20. The van der Waals surface area contributed by atoms with Crippen LogP contribution in [0.2, 0.25) is 0 Å². The van der Waals surface area contributed by atoms with Gasteiger partial charge in [0.05, 0.1) is 36.3 Å². The first-order valence-electron chi connectivity index (χ1n) is 7.13. The fourth-order valence-electron chi connectivity index (χ4n) is 2.95. The number of hydrogen-bond acceptors (Lipinski definition) is 4. The molecule has 0 aliphatic heterocycles. The van der Waals surface area contributed by atoms with E-state index in [4.69, 9.17) is 9.47 Å². The number of imidazole rings is 1. The number of benzene rings is 2. The minimum absolute atomic E-state index is 0.529. The quantitative estimate of drug-likeness (QED) is 0.568. The topological polar surface area (TPSA) is 59.5 Å². The molecule has 5 nitrogen and oxygen atoms in total. The molecule has 0 radical (unpaired) electrons. The Labute approximate surface area is 132 Å². The molecule has 0 fully saturated rings. The summed E-state index contributed by atoms with van der Waals surface area (Å²) in [7, 11) is 3.20. The summed E-state index contributed by atoms with van der Waals surface area (Å²) in [5, 5.41) is 10.4. The molecule has 2 aromatic heterocycles. The van der Waals surface area contributed by atoms with Gasteiger partial charge in [0, 0.05) is 11.5 Å². The molecule has 4 aromatic rings. The second-order valence-corrected chi connectivity index (χ2v) is 5.20.